The van der Waals surface area contributed by atoms with E-state index in [4.69, 9.17) is 0 Å². The summed E-state index contributed by atoms with van der Waals surface area (Å²) in [7, 11) is 0. The lowest BCUT2D eigenvalue weighted by Gasteiger charge is -2.25. The van der Waals surface area contributed by atoms with Crippen LogP contribution >= 0.6 is 0 Å². The summed E-state index contributed by atoms with van der Waals surface area (Å²) in [4.78, 5) is 0. The fourth-order valence-electron chi connectivity index (χ4n) is 2.36. The highest BCUT2D eigenvalue weighted by Crippen LogP contribution is 2.31. The second kappa shape index (κ2) is 5.84. The maximum Gasteiger partial charge on any atom is 0.159 e. The zero-order chi connectivity index (χ0) is 15.6. The molecule has 0 aliphatic rings. The average molecular weight is 289 g/mol. The summed E-state index contributed by atoms with van der Waals surface area (Å²) in [6, 6.07) is 12.0. The van der Waals surface area contributed by atoms with Gasteiger partial charge >= 0.3 is 0 Å². The highest BCUT2D eigenvalue weighted by molar-refractivity contribution is 5.55. The number of hydrogen-bond acceptors (Lipinski definition) is 1. The first-order chi connectivity index (χ1) is 9.79. The molecule has 0 bridgehead atoms. The Morgan fingerprint density at radius 2 is 1.62 bits per heavy atom. The molecular formula is C18H21F2N. The first kappa shape index (κ1) is 15.5. The van der Waals surface area contributed by atoms with Gasteiger partial charge in [0.05, 0.1) is 0 Å². The maximum atomic E-state index is 13.3. The van der Waals surface area contributed by atoms with E-state index >= 15 is 0 Å². The summed E-state index contributed by atoms with van der Waals surface area (Å²) in [6.07, 6.45) is 0. The van der Waals surface area contributed by atoms with Gasteiger partial charge in [-0.1, -0.05) is 45.0 Å². The molecule has 1 nitrogen and oxygen atoms in total. The predicted molar refractivity (Wildman–Crippen MR) is 83.5 cm³/mol. The molecule has 0 saturated carbocycles. The van der Waals surface area contributed by atoms with Crippen LogP contribution in [-0.4, -0.2) is 0 Å². The minimum atomic E-state index is -0.818. The van der Waals surface area contributed by atoms with Crippen LogP contribution in [0.5, 0.6) is 0 Å². The van der Waals surface area contributed by atoms with Crippen molar-refractivity contribution < 1.29 is 8.78 Å². The van der Waals surface area contributed by atoms with E-state index in [2.05, 4.69) is 32.2 Å². The molecule has 2 aromatic carbocycles. The molecule has 112 valence electrons. The Balaban J connectivity index is 2.27. The summed E-state index contributed by atoms with van der Waals surface area (Å²) in [5.41, 5.74) is 2.94. The Labute approximate surface area is 125 Å². The van der Waals surface area contributed by atoms with Crippen molar-refractivity contribution in [2.45, 2.75) is 39.2 Å². The third-order valence-corrected chi connectivity index (χ3v) is 3.55. The van der Waals surface area contributed by atoms with Gasteiger partial charge in [0.2, 0.25) is 0 Å². The molecule has 2 rings (SSSR count). The lowest BCUT2D eigenvalue weighted by molar-refractivity contribution is 0.506. The third-order valence-electron chi connectivity index (χ3n) is 3.55. The molecule has 0 amide bonds. The van der Waals surface area contributed by atoms with Crippen LogP contribution in [0.4, 0.5) is 14.5 Å². The van der Waals surface area contributed by atoms with Crippen LogP contribution in [-0.2, 0) is 5.41 Å². The zero-order valence-electron chi connectivity index (χ0n) is 12.9. The smallest absolute Gasteiger partial charge is 0.159 e. The van der Waals surface area contributed by atoms with Gasteiger partial charge in [0.25, 0.3) is 0 Å². The number of para-hydroxylation sites is 1. The minimum Gasteiger partial charge on any atom is -0.378 e. The van der Waals surface area contributed by atoms with E-state index in [0.29, 0.717) is 0 Å². The van der Waals surface area contributed by atoms with E-state index in [9.17, 15) is 8.78 Å². The molecule has 3 heteroatoms. The van der Waals surface area contributed by atoms with E-state index in [-0.39, 0.29) is 11.5 Å². The van der Waals surface area contributed by atoms with Crippen LogP contribution in [0.3, 0.4) is 0 Å². The number of halogens is 2. The molecule has 2 aromatic rings. The van der Waals surface area contributed by atoms with Crippen LogP contribution in [0.2, 0.25) is 0 Å². The lowest BCUT2D eigenvalue weighted by atomic mass is 9.85. The van der Waals surface area contributed by atoms with Gasteiger partial charge in [0, 0.05) is 11.7 Å². The molecule has 0 heterocycles. The molecule has 21 heavy (non-hydrogen) atoms. The van der Waals surface area contributed by atoms with Crippen molar-refractivity contribution in [2.24, 2.45) is 0 Å². The number of hydrogen-bond donors (Lipinski definition) is 1. The first-order valence-electron chi connectivity index (χ1n) is 7.10. The Morgan fingerprint density at radius 1 is 0.952 bits per heavy atom. The number of rotatable bonds is 3. The summed E-state index contributed by atoms with van der Waals surface area (Å²) < 4.78 is 26.4. The second-order valence-corrected chi connectivity index (χ2v) is 6.34. The molecule has 0 spiro atoms. The van der Waals surface area contributed by atoms with Crippen LogP contribution in [0.25, 0.3) is 0 Å². The van der Waals surface area contributed by atoms with Gasteiger partial charge < -0.3 is 5.32 Å². The van der Waals surface area contributed by atoms with Gasteiger partial charge in [-0.05, 0) is 41.7 Å². The van der Waals surface area contributed by atoms with Crippen molar-refractivity contribution in [2.75, 3.05) is 5.32 Å². The van der Waals surface area contributed by atoms with Crippen molar-refractivity contribution in [3.8, 4) is 0 Å². The molecule has 0 saturated heterocycles. The van der Waals surface area contributed by atoms with Gasteiger partial charge in [-0.15, -0.1) is 0 Å². The van der Waals surface area contributed by atoms with E-state index in [1.807, 2.05) is 25.1 Å². The second-order valence-electron chi connectivity index (χ2n) is 6.34. The van der Waals surface area contributed by atoms with Crippen molar-refractivity contribution in [1.82, 2.24) is 0 Å². The molecule has 0 aromatic heterocycles. The molecule has 0 radical (unpaired) electrons. The Hall–Kier alpha value is -1.90. The molecule has 0 aliphatic carbocycles. The van der Waals surface area contributed by atoms with E-state index < -0.39 is 11.6 Å². The summed E-state index contributed by atoms with van der Waals surface area (Å²) in [6.45, 7) is 8.38. The molecule has 0 aliphatic heterocycles. The predicted octanol–water partition coefficient (Wildman–Crippen LogP) is 5.44. The van der Waals surface area contributed by atoms with Crippen LogP contribution in [0.15, 0.2) is 42.5 Å². The Bertz CT molecular complexity index is 629. The molecule has 1 unspecified atom stereocenters. The van der Waals surface area contributed by atoms with Gasteiger partial charge in [-0.25, -0.2) is 8.78 Å². The SMILES string of the molecule is CC(Nc1ccccc1C(C)(C)C)c1ccc(F)c(F)c1. The molecular weight excluding hydrogens is 268 g/mol. The summed E-state index contributed by atoms with van der Waals surface area (Å²) in [5, 5.41) is 3.39. The molecule has 0 fully saturated rings. The van der Waals surface area contributed by atoms with E-state index in [1.165, 1.54) is 17.7 Å². The van der Waals surface area contributed by atoms with E-state index in [0.717, 1.165) is 11.3 Å². The highest BCUT2D eigenvalue weighted by atomic mass is 19.2. The third kappa shape index (κ3) is 3.60. The summed E-state index contributed by atoms with van der Waals surface area (Å²) >= 11 is 0. The minimum absolute atomic E-state index is 0.0113. The van der Waals surface area contributed by atoms with Crippen molar-refractivity contribution in [3.05, 3.63) is 65.2 Å². The zero-order valence-corrected chi connectivity index (χ0v) is 12.9. The lowest BCUT2D eigenvalue weighted by Crippen LogP contribution is -2.16. The quantitative estimate of drug-likeness (QED) is 0.793. The topological polar surface area (TPSA) is 12.0 Å². The maximum absolute atomic E-state index is 13.3. The number of anilines is 1. The highest BCUT2D eigenvalue weighted by Gasteiger charge is 2.18. The van der Waals surface area contributed by atoms with Crippen LogP contribution in [0, 0.1) is 11.6 Å². The Morgan fingerprint density at radius 3 is 2.24 bits per heavy atom. The standard InChI is InChI=1S/C18H21F2N/c1-12(13-9-10-15(19)16(20)11-13)21-17-8-6-5-7-14(17)18(2,3)4/h5-12,21H,1-4H3. The van der Waals surface area contributed by atoms with Gasteiger partial charge in [0.1, 0.15) is 0 Å². The average Bonchev–Trinajstić information content (AvgIpc) is 2.41. The number of nitrogens with one attached hydrogen (secondary N) is 1. The fourth-order valence-corrected chi connectivity index (χ4v) is 2.36. The largest absolute Gasteiger partial charge is 0.378 e. The van der Waals surface area contributed by atoms with Gasteiger partial charge in [0.15, 0.2) is 11.6 Å². The normalized spacial score (nSPS) is 13.0. The monoisotopic (exact) mass is 289 g/mol. The van der Waals surface area contributed by atoms with Crippen molar-refractivity contribution in [1.29, 1.82) is 0 Å². The van der Waals surface area contributed by atoms with Crippen LogP contribution in [0.1, 0.15) is 44.9 Å². The summed E-state index contributed by atoms with van der Waals surface area (Å²) in [5.74, 6) is -1.63. The number of benzene rings is 2. The Kier molecular flexibility index (Phi) is 4.31. The first-order valence-corrected chi connectivity index (χ1v) is 7.10. The molecule has 1 atom stereocenters. The van der Waals surface area contributed by atoms with E-state index in [1.54, 1.807) is 6.07 Å². The van der Waals surface area contributed by atoms with Crippen molar-refractivity contribution >= 4 is 5.69 Å². The van der Waals surface area contributed by atoms with Gasteiger partial charge in [-0.2, -0.15) is 0 Å². The van der Waals surface area contributed by atoms with Crippen LogP contribution < -0.4 is 5.32 Å². The van der Waals surface area contributed by atoms with Gasteiger partial charge in [-0.3, -0.25) is 0 Å². The molecule has 1 N–H and O–H groups in total. The fraction of sp³-hybridized carbons (Fsp3) is 0.333. The van der Waals surface area contributed by atoms with Crippen molar-refractivity contribution in [3.63, 3.8) is 0 Å².